The lowest BCUT2D eigenvalue weighted by Gasteiger charge is -2.36. The number of fused-ring (bicyclic) bond motifs is 1. The Balaban J connectivity index is 1.69. The van der Waals surface area contributed by atoms with Crippen LogP contribution >= 0.6 is 0 Å². The normalized spacial score (nSPS) is 19.0. The molecule has 6 nitrogen and oxygen atoms in total. The molecule has 0 aliphatic carbocycles. The molecule has 1 fully saturated rings. The van der Waals surface area contributed by atoms with E-state index in [9.17, 15) is 13.2 Å². The highest BCUT2D eigenvalue weighted by atomic mass is 32.2. The second kappa shape index (κ2) is 8.61. The third kappa shape index (κ3) is 4.29. The molecule has 0 atom stereocenters. The summed E-state index contributed by atoms with van der Waals surface area (Å²) in [5.74, 6) is 0.920. The van der Waals surface area contributed by atoms with Crippen LogP contribution < -0.4 is 9.64 Å². The van der Waals surface area contributed by atoms with Crippen molar-refractivity contribution in [3.63, 3.8) is 0 Å². The fourth-order valence-electron chi connectivity index (χ4n) is 4.06. The van der Waals surface area contributed by atoms with Crippen molar-refractivity contribution in [1.82, 2.24) is 4.31 Å². The molecule has 0 saturated carbocycles. The second-order valence-corrected chi connectivity index (χ2v) is 9.49. The maximum Gasteiger partial charge on any atom is 0.230 e. The zero-order chi connectivity index (χ0) is 19.4. The number of hydrogen-bond acceptors (Lipinski definition) is 4. The average molecular weight is 395 g/mol. The predicted octanol–water partition coefficient (Wildman–Crippen LogP) is 2.82. The van der Waals surface area contributed by atoms with Gasteiger partial charge in [0.25, 0.3) is 0 Å². The monoisotopic (exact) mass is 394 g/mol. The van der Waals surface area contributed by atoms with Crippen molar-refractivity contribution in [1.29, 1.82) is 0 Å². The van der Waals surface area contributed by atoms with Crippen molar-refractivity contribution in [2.24, 2.45) is 5.92 Å². The number of ether oxygens (including phenoxy) is 1. The number of unbranched alkanes of at least 4 members (excludes halogenated alkanes) is 1. The molecule has 1 aromatic rings. The Morgan fingerprint density at radius 2 is 1.96 bits per heavy atom. The number of anilines is 1. The lowest BCUT2D eigenvalue weighted by molar-refractivity contribution is -0.123. The third-order valence-corrected chi connectivity index (χ3v) is 7.58. The van der Waals surface area contributed by atoms with Crippen molar-refractivity contribution < 1.29 is 17.9 Å². The summed E-state index contributed by atoms with van der Waals surface area (Å²) < 4.78 is 31.8. The van der Waals surface area contributed by atoms with Gasteiger partial charge in [0.15, 0.2) is 0 Å². The summed E-state index contributed by atoms with van der Waals surface area (Å²) in [4.78, 5) is 15.1. The van der Waals surface area contributed by atoms with Gasteiger partial charge >= 0.3 is 0 Å². The molecule has 7 heteroatoms. The lowest BCUT2D eigenvalue weighted by atomic mass is 9.93. The Morgan fingerprint density at radius 1 is 1.22 bits per heavy atom. The van der Waals surface area contributed by atoms with Crippen LogP contribution in [0.1, 0.15) is 44.6 Å². The maximum absolute atomic E-state index is 13.2. The smallest absolute Gasteiger partial charge is 0.230 e. The molecular weight excluding hydrogens is 364 g/mol. The van der Waals surface area contributed by atoms with Crippen LogP contribution in [0.25, 0.3) is 0 Å². The number of carbonyl (C=O) groups is 1. The molecule has 150 valence electrons. The summed E-state index contributed by atoms with van der Waals surface area (Å²) in [5.41, 5.74) is 2.04. The molecule has 1 aromatic carbocycles. The summed E-state index contributed by atoms with van der Waals surface area (Å²) in [6.45, 7) is 3.57. The molecule has 2 heterocycles. The summed E-state index contributed by atoms with van der Waals surface area (Å²) >= 11 is 0. The second-order valence-electron chi connectivity index (χ2n) is 7.40. The van der Waals surface area contributed by atoms with Crippen LogP contribution in [-0.4, -0.2) is 51.1 Å². The zero-order valence-electron chi connectivity index (χ0n) is 16.3. The Kier molecular flexibility index (Phi) is 6.42. The van der Waals surface area contributed by atoms with Gasteiger partial charge in [0, 0.05) is 25.6 Å². The minimum atomic E-state index is -3.19. The molecule has 0 bridgehead atoms. The van der Waals surface area contributed by atoms with Crippen molar-refractivity contribution in [2.45, 2.75) is 45.4 Å². The molecule has 27 heavy (non-hydrogen) atoms. The first-order chi connectivity index (χ1) is 13.0. The van der Waals surface area contributed by atoms with E-state index in [1.165, 1.54) is 0 Å². The van der Waals surface area contributed by atoms with E-state index in [2.05, 4.69) is 6.07 Å². The molecule has 3 rings (SSSR count). The first-order valence-corrected chi connectivity index (χ1v) is 11.5. The number of sulfonamides is 1. The summed E-state index contributed by atoms with van der Waals surface area (Å²) in [6, 6.07) is 5.92. The highest BCUT2D eigenvalue weighted by molar-refractivity contribution is 7.89. The van der Waals surface area contributed by atoms with E-state index < -0.39 is 10.0 Å². The van der Waals surface area contributed by atoms with Gasteiger partial charge in [0.05, 0.1) is 18.6 Å². The van der Waals surface area contributed by atoms with Gasteiger partial charge in [-0.25, -0.2) is 12.7 Å². The number of methoxy groups -OCH3 is 1. The van der Waals surface area contributed by atoms with Gasteiger partial charge in [-0.2, -0.15) is 0 Å². The van der Waals surface area contributed by atoms with Crippen LogP contribution in [0.2, 0.25) is 0 Å². The van der Waals surface area contributed by atoms with E-state index in [-0.39, 0.29) is 17.6 Å². The van der Waals surface area contributed by atoms with Crippen molar-refractivity contribution in [3.8, 4) is 5.75 Å². The Hall–Kier alpha value is -1.60. The highest BCUT2D eigenvalue weighted by Crippen LogP contribution is 2.37. The third-order valence-electron chi connectivity index (χ3n) is 5.62. The molecule has 0 spiro atoms. The van der Waals surface area contributed by atoms with Crippen LogP contribution in [0.15, 0.2) is 18.2 Å². The molecule has 0 N–H and O–H groups in total. The minimum Gasteiger partial charge on any atom is -0.495 e. The number of piperidine rings is 1. The maximum atomic E-state index is 13.2. The van der Waals surface area contributed by atoms with E-state index in [4.69, 9.17) is 4.74 Å². The number of nitrogens with zero attached hydrogens (tertiary/aromatic N) is 2. The van der Waals surface area contributed by atoms with Gasteiger partial charge in [-0.1, -0.05) is 25.5 Å². The number of aryl methyl sites for hydroxylation is 1. The van der Waals surface area contributed by atoms with Crippen molar-refractivity contribution >= 4 is 21.6 Å². The number of para-hydroxylation sites is 1. The zero-order valence-corrected chi connectivity index (χ0v) is 17.1. The lowest BCUT2D eigenvalue weighted by Crippen LogP contribution is -2.46. The number of amides is 1. The largest absolute Gasteiger partial charge is 0.495 e. The molecule has 0 aromatic heterocycles. The molecule has 1 amide bonds. The van der Waals surface area contributed by atoms with Gasteiger partial charge < -0.3 is 9.64 Å². The minimum absolute atomic E-state index is 0.103. The van der Waals surface area contributed by atoms with E-state index in [1.54, 1.807) is 11.4 Å². The highest BCUT2D eigenvalue weighted by Gasteiger charge is 2.35. The number of rotatable bonds is 6. The van der Waals surface area contributed by atoms with E-state index in [1.807, 2.05) is 24.0 Å². The van der Waals surface area contributed by atoms with Crippen molar-refractivity contribution in [3.05, 3.63) is 23.8 Å². The number of benzene rings is 1. The van der Waals surface area contributed by atoms with Crippen LogP contribution in [0, 0.1) is 5.92 Å². The Bertz CT molecular complexity index is 756. The standard InChI is InChI=1S/C20H30N2O4S/c1-3-4-15-27(24,25)21-13-10-17(11-14-21)20(23)22-12-6-8-16-7-5-9-18(26-2)19(16)22/h5,7,9,17H,3-4,6,8,10-15H2,1-2H3. The predicted molar refractivity (Wildman–Crippen MR) is 107 cm³/mol. The van der Waals surface area contributed by atoms with Gasteiger partial charge in [0.2, 0.25) is 15.9 Å². The molecule has 2 aliphatic rings. The molecule has 2 aliphatic heterocycles. The van der Waals surface area contributed by atoms with E-state index in [0.717, 1.165) is 36.3 Å². The molecule has 0 unspecified atom stereocenters. The fourth-order valence-corrected chi connectivity index (χ4v) is 5.74. The Labute approximate surface area is 162 Å². The fraction of sp³-hybridized carbons (Fsp3) is 0.650. The van der Waals surface area contributed by atoms with Gasteiger partial charge in [-0.15, -0.1) is 0 Å². The van der Waals surface area contributed by atoms with Crippen LogP contribution in [0.5, 0.6) is 5.75 Å². The van der Waals surface area contributed by atoms with E-state index in [0.29, 0.717) is 38.9 Å². The van der Waals surface area contributed by atoms with Gasteiger partial charge in [0.1, 0.15) is 5.75 Å². The first kappa shape index (κ1) is 20.1. The molecular formula is C20H30N2O4S. The summed E-state index contributed by atoms with van der Waals surface area (Å²) in [6.07, 6.45) is 4.62. The molecule has 0 radical (unpaired) electrons. The Morgan fingerprint density at radius 3 is 2.63 bits per heavy atom. The van der Waals surface area contributed by atoms with E-state index >= 15 is 0 Å². The van der Waals surface area contributed by atoms with Crippen molar-refractivity contribution in [2.75, 3.05) is 37.4 Å². The molecule has 1 saturated heterocycles. The summed E-state index contributed by atoms with van der Waals surface area (Å²) in [7, 11) is -1.56. The quantitative estimate of drug-likeness (QED) is 0.744. The van der Waals surface area contributed by atoms with Crippen LogP contribution in [0.4, 0.5) is 5.69 Å². The topological polar surface area (TPSA) is 66.9 Å². The van der Waals surface area contributed by atoms with Crippen LogP contribution in [0.3, 0.4) is 0 Å². The number of carbonyl (C=O) groups excluding carboxylic acids is 1. The van der Waals surface area contributed by atoms with Crippen LogP contribution in [-0.2, 0) is 21.2 Å². The van der Waals surface area contributed by atoms with Gasteiger partial charge in [-0.3, -0.25) is 4.79 Å². The average Bonchev–Trinajstić information content (AvgIpc) is 2.71. The number of hydrogen-bond donors (Lipinski definition) is 0. The van der Waals surface area contributed by atoms with Gasteiger partial charge in [-0.05, 0) is 43.7 Å². The first-order valence-electron chi connectivity index (χ1n) is 9.93. The summed E-state index contributed by atoms with van der Waals surface area (Å²) in [5, 5.41) is 0. The SMILES string of the molecule is CCCCS(=O)(=O)N1CCC(C(=O)N2CCCc3cccc(OC)c32)CC1.